The van der Waals surface area contributed by atoms with E-state index in [0.29, 0.717) is 6.42 Å². The average molecular weight is 226 g/mol. The van der Waals surface area contributed by atoms with Crippen molar-refractivity contribution in [1.29, 1.82) is 0 Å². The van der Waals surface area contributed by atoms with Gasteiger partial charge in [0.05, 0.1) is 0 Å². The van der Waals surface area contributed by atoms with Gasteiger partial charge in [-0.2, -0.15) is 0 Å². The van der Waals surface area contributed by atoms with Gasteiger partial charge in [-0.05, 0) is 19.3 Å². The lowest BCUT2D eigenvalue weighted by atomic mass is 10.2. The predicted octanol–water partition coefficient (Wildman–Crippen LogP) is 1.26. The molecular formula is C11H18N2O3. The van der Waals surface area contributed by atoms with Crippen molar-refractivity contribution in [2.24, 2.45) is 0 Å². The van der Waals surface area contributed by atoms with Gasteiger partial charge in [0, 0.05) is 6.04 Å². The number of nitrogens with one attached hydrogen (secondary N) is 2. The number of amides is 2. The van der Waals surface area contributed by atoms with Crippen LogP contribution < -0.4 is 10.6 Å². The summed E-state index contributed by atoms with van der Waals surface area (Å²) in [5.41, 5.74) is 0. The first-order valence-corrected chi connectivity index (χ1v) is 5.58. The average Bonchev–Trinajstić information content (AvgIpc) is 2.69. The second-order valence-corrected chi connectivity index (χ2v) is 3.94. The fourth-order valence-corrected chi connectivity index (χ4v) is 1.67. The fraction of sp³-hybridized carbons (Fsp3) is 0.636. The molecule has 3 N–H and O–H groups in total. The van der Waals surface area contributed by atoms with Crippen LogP contribution in [0.25, 0.3) is 0 Å². The van der Waals surface area contributed by atoms with Crippen LogP contribution in [0.15, 0.2) is 12.2 Å². The zero-order valence-electron chi connectivity index (χ0n) is 9.40. The van der Waals surface area contributed by atoms with E-state index in [0.717, 1.165) is 19.3 Å². The summed E-state index contributed by atoms with van der Waals surface area (Å²) in [6, 6.07) is -1.08. The summed E-state index contributed by atoms with van der Waals surface area (Å²) in [4.78, 5) is 22.3. The summed E-state index contributed by atoms with van der Waals surface area (Å²) in [6.45, 7) is 1.89. The Kier molecular flexibility index (Phi) is 4.82. The van der Waals surface area contributed by atoms with Crippen LogP contribution in [0.3, 0.4) is 0 Å². The van der Waals surface area contributed by atoms with Crippen LogP contribution in [0, 0.1) is 0 Å². The molecule has 0 aromatic rings. The molecule has 2 amide bonds. The summed E-state index contributed by atoms with van der Waals surface area (Å²) in [6.07, 6.45) is 6.82. The zero-order valence-corrected chi connectivity index (χ0v) is 9.40. The first kappa shape index (κ1) is 12.5. The first-order chi connectivity index (χ1) is 7.63. The van der Waals surface area contributed by atoms with Gasteiger partial charge in [-0.25, -0.2) is 9.59 Å². The van der Waals surface area contributed by atoms with Crippen LogP contribution in [0.2, 0.25) is 0 Å². The van der Waals surface area contributed by atoms with Crippen LogP contribution in [-0.2, 0) is 4.79 Å². The molecule has 0 spiro atoms. The molecule has 90 valence electrons. The third kappa shape index (κ3) is 3.92. The molecule has 1 rings (SSSR count). The van der Waals surface area contributed by atoms with Crippen LogP contribution in [-0.4, -0.2) is 29.2 Å². The number of carbonyl (C=O) groups is 2. The normalized spacial score (nSPS) is 17.1. The van der Waals surface area contributed by atoms with E-state index >= 15 is 0 Å². The Morgan fingerprint density at radius 2 is 2.06 bits per heavy atom. The van der Waals surface area contributed by atoms with Gasteiger partial charge in [-0.3, -0.25) is 0 Å². The van der Waals surface area contributed by atoms with Crippen molar-refractivity contribution in [3.8, 4) is 0 Å². The molecule has 1 aliphatic rings. The van der Waals surface area contributed by atoms with E-state index in [4.69, 9.17) is 5.11 Å². The van der Waals surface area contributed by atoms with E-state index in [1.807, 2.05) is 19.1 Å². The molecule has 0 bridgehead atoms. The number of hydrogen-bond acceptors (Lipinski definition) is 2. The molecule has 0 fully saturated rings. The van der Waals surface area contributed by atoms with Crippen molar-refractivity contribution >= 4 is 12.0 Å². The van der Waals surface area contributed by atoms with E-state index in [1.165, 1.54) is 0 Å². The topological polar surface area (TPSA) is 78.4 Å². The van der Waals surface area contributed by atoms with Gasteiger partial charge in [-0.15, -0.1) is 0 Å². The molecule has 0 aliphatic heterocycles. The van der Waals surface area contributed by atoms with Crippen LogP contribution in [0.5, 0.6) is 0 Å². The number of urea groups is 1. The third-order valence-corrected chi connectivity index (χ3v) is 2.52. The Bertz CT molecular complexity index is 281. The second-order valence-electron chi connectivity index (χ2n) is 3.94. The molecule has 5 nitrogen and oxygen atoms in total. The van der Waals surface area contributed by atoms with Gasteiger partial charge in [0.15, 0.2) is 0 Å². The maximum atomic E-state index is 11.5. The molecule has 0 saturated heterocycles. The summed E-state index contributed by atoms with van der Waals surface area (Å²) in [7, 11) is 0. The standard InChI is InChI=1S/C11H18N2O3/c1-2-5-9(10(14)15)13-11(16)12-8-6-3-4-7-8/h3-4,8-9H,2,5-7H2,1H3,(H,14,15)(H2,12,13,16). The van der Waals surface area contributed by atoms with Gasteiger partial charge in [0.25, 0.3) is 0 Å². The molecule has 16 heavy (non-hydrogen) atoms. The maximum Gasteiger partial charge on any atom is 0.326 e. The largest absolute Gasteiger partial charge is 0.480 e. The van der Waals surface area contributed by atoms with E-state index in [-0.39, 0.29) is 6.04 Å². The van der Waals surface area contributed by atoms with E-state index in [2.05, 4.69) is 10.6 Å². The molecule has 1 unspecified atom stereocenters. The van der Waals surface area contributed by atoms with Crippen molar-refractivity contribution in [3.63, 3.8) is 0 Å². The molecule has 1 atom stereocenters. The molecular weight excluding hydrogens is 208 g/mol. The SMILES string of the molecule is CCCC(NC(=O)NC1CC=CC1)C(=O)O. The van der Waals surface area contributed by atoms with Crippen LogP contribution in [0.4, 0.5) is 4.79 Å². The highest BCUT2D eigenvalue weighted by atomic mass is 16.4. The Morgan fingerprint density at radius 1 is 1.44 bits per heavy atom. The van der Waals surface area contributed by atoms with Crippen molar-refractivity contribution < 1.29 is 14.7 Å². The number of carboxylic acids is 1. The number of rotatable bonds is 5. The van der Waals surface area contributed by atoms with Gasteiger partial charge in [0.2, 0.25) is 0 Å². The minimum Gasteiger partial charge on any atom is -0.480 e. The van der Waals surface area contributed by atoms with Crippen molar-refractivity contribution in [2.75, 3.05) is 0 Å². The van der Waals surface area contributed by atoms with Gasteiger partial charge < -0.3 is 15.7 Å². The summed E-state index contributed by atoms with van der Waals surface area (Å²) in [5.74, 6) is -0.985. The zero-order chi connectivity index (χ0) is 12.0. The highest BCUT2D eigenvalue weighted by Crippen LogP contribution is 2.08. The first-order valence-electron chi connectivity index (χ1n) is 5.58. The lowest BCUT2D eigenvalue weighted by Gasteiger charge is -2.17. The minimum atomic E-state index is -0.985. The Balaban J connectivity index is 2.32. The summed E-state index contributed by atoms with van der Waals surface area (Å²) in [5, 5.41) is 14.1. The van der Waals surface area contributed by atoms with Crippen LogP contribution >= 0.6 is 0 Å². The highest BCUT2D eigenvalue weighted by molar-refractivity contribution is 5.82. The Morgan fingerprint density at radius 3 is 2.56 bits per heavy atom. The van der Waals surface area contributed by atoms with Gasteiger partial charge in [-0.1, -0.05) is 25.5 Å². The quantitative estimate of drug-likeness (QED) is 0.617. The number of aliphatic carboxylic acids is 1. The lowest BCUT2D eigenvalue weighted by molar-refractivity contribution is -0.139. The maximum absolute atomic E-state index is 11.5. The second kappa shape index (κ2) is 6.15. The molecule has 0 aromatic heterocycles. The number of hydrogen-bond donors (Lipinski definition) is 3. The van der Waals surface area contributed by atoms with Crippen LogP contribution in [0.1, 0.15) is 32.6 Å². The molecule has 1 aliphatic carbocycles. The molecule has 5 heteroatoms. The number of carbonyl (C=O) groups excluding carboxylic acids is 1. The van der Waals surface area contributed by atoms with Crippen molar-refractivity contribution in [1.82, 2.24) is 10.6 Å². The van der Waals surface area contributed by atoms with E-state index in [1.54, 1.807) is 0 Å². The Labute approximate surface area is 94.9 Å². The fourth-order valence-electron chi connectivity index (χ4n) is 1.67. The third-order valence-electron chi connectivity index (χ3n) is 2.52. The van der Waals surface area contributed by atoms with Crippen molar-refractivity contribution in [3.05, 3.63) is 12.2 Å². The number of carboxylic acid groups (broad SMARTS) is 1. The van der Waals surface area contributed by atoms with E-state index in [9.17, 15) is 9.59 Å². The minimum absolute atomic E-state index is 0.107. The smallest absolute Gasteiger partial charge is 0.326 e. The lowest BCUT2D eigenvalue weighted by Crippen LogP contribution is -2.48. The van der Waals surface area contributed by atoms with Crippen molar-refractivity contribution in [2.45, 2.75) is 44.7 Å². The molecule has 0 aromatic carbocycles. The molecule has 0 radical (unpaired) electrons. The molecule has 0 heterocycles. The molecule has 0 saturated carbocycles. The predicted molar refractivity (Wildman–Crippen MR) is 60.2 cm³/mol. The van der Waals surface area contributed by atoms with Gasteiger partial charge >= 0.3 is 12.0 Å². The van der Waals surface area contributed by atoms with Gasteiger partial charge in [0.1, 0.15) is 6.04 Å². The summed E-state index contributed by atoms with van der Waals surface area (Å²) < 4.78 is 0. The van der Waals surface area contributed by atoms with E-state index < -0.39 is 18.0 Å². The highest BCUT2D eigenvalue weighted by Gasteiger charge is 2.20. The monoisotopic (exact) mass is 226 g/mol. The summed E-state index contributed by atoms with van der Waals surface area (Å²) >= 11 is 0. The Hall–Kier alpha value is -1.52.